The topological polar surface area (TPSA) is 43.1 Å². The fourth-order valence-corrected chi connectivity index (χ4v) is 1.90. The van der Waals surface area contributed by atoms with Gasteiger partial charge in [-0.15, -0.1) is 0 Å². The van der Waals surface area contributed by atoms with E-state index in [1.54, 1.807) is 0 Å². The molecule has 3 nitrogen and oxygen atoms in total. The number of alkyl halides is 4. The van der Waals surface area contributed by atoms with Crippen molar-refractivity contribution in [2.45, 2.75) is 12.9 Å². The summed E-state index contributed by atoms with van der Waals surface area (Å²) in [5, 5.41) is 10.6. The zero-order chi connectivity index (χ0) is 15.6. The Morgan fingerprint density at radius 1 is 1.05 bits per heavy atom. The van der Waals surface area contributed by atoms with Gasteiger partial charge in [0.05, 0.1) is 10.5 Å². The van der Waals surface area contributed by atoms with Gasteiger partial charge in [-0.1, -0.05) is 6.07 Å². The fourth-order valence-electron chi connectivity index (χ4n) is 1.90. The van der Waals surface area contributed by atoms with Crippen molar-refractivity contribution in [3.05, 3.63) is 63.7 Å². The highest BCUT2D eigenvalue weighted by Crippen LogP contribution is 2.34. The normalized spacial score (nSPS) is 11.4. The van der Waals surface area contributed by atoms with Gasteiger partial charge < -0.3 is 0 Å². The molecule has 0 atom stereocenters. The summed E-state index contributed by atoms with van der Waals surface area (Å²) in [4.78, 5) is 9.94. The number of nitro benzene ring substituents is 1. The largest absolute Gasteiger partial charge is 0.416 e. The lowest BCUT2D eigenvalue weighted by atomic mass is 9.97. The third kappa shape index (κ3) is 3.18. The maximum atomic E-state index is 12.9. The SMILES string of the molecule is O=[N+]([O-])c1ccc(-c2cc(C(F)(F)F)ccc2CF)cc1. The van der Waals surface area contributed by atoms with Crippen molar-refractivity contribution in [1.82, 2.24) is 0 Å². The van der Waals surface area contributed by atoms with Crippen LogP contribution in [0.1, 0.15) is 11.1 Å². The number of hydrogen-bond acceptors (Lipinski definition) is 2. The smallest absolute Gasteiger partial charge is 0.258 e. The summed E-state index contributed by atoms with van der Waals surface area (Å²) in [6, 6.07) is 7.65. The van der Waals surface area contributed by atoms with E-state index in [-0.39, 0.29) is 16.8 Å². The molecule has 0 spiro atoms. The van der Waals surface area contributed by atoms with E-state index in [1.165, 1.54) is 12.1 Å². The average Bonchev–Trinajstić information content (AvgIpc) is 2.45. The van der Waals surface area contributed by atoms with Gasteiger partial charge >= 0.3 is 6.18 Å². The van der Waals surface area contributed by atoms with Crippen molar-refractivity contribution in [3.63, 3.8) is 0 Å². The van der Waals surface area contributed by atoms with Gasteiger partial charge in [0.25, 0.3) is 5.69 Å². The molecular weight excluding hydrogens is 290 g/mol. The molecule has 2 rings (SSSR count). The van der Waals surface area contributed by atoms with E-state index in [1.807, 2.05) is 0 Å². The first kappa shape index (κ1) is 15.0. The second-order valence-electron chi connectivity index (χ2n) is 4.31. The molecule has 0 bridgehead atoms. The monoisotopic (exact) mass is 299 g/mol. The molecule has 0 fully saturated rings. The number of hydrogen-bond donors (Lipinski definition) is 0. The molecule has 0 saturated heterocycles. The highest BCUT2D eigenvalue weighted by molar-refractivity contribution is 5.69. The quantitative estimate of drug-likeness (QED) is 0.466. The molecule has 2 aromatic rings. The van der Waals surface area contributed by atoms with Crippen molar-refractivity contribution in [1.29, 1.82) is 0 Å². The van der Waals surface area contributed by atoms with Gasteiger partial charge in [0.15, 0.2) is 0 Å². The zero-order valence-corrected chi connectivity index (χ0v) is 10.5. The Kier molecular flexibility index (Phi) is 3.93. The van der Waals surface area contributed by atoms with Crippen LogP contribution in [0.4, 0.5) is 23.2 Å². The predicted octanol–water partition coefficient (Wildman–Crippen LogP) is 4.75. The average molecular weight is 299 g/mol. The Hall–Kier alpha value is -2.44. The van der Waals surface area contributed by atoms with E-state index in [9.17, 15) is 27.7 Å². The van der Waals surface area contributed by atoms with E-state index in [0.717, 1.165) is 30.3 Å². The van der Waals surface area contributed by atoms with Crippen LogP contribution in [-0.4, -0.2) is 4.92 Å². The highest BCUT2D eigenvalue weighted by atomic mass is 19.4. The Morgan fingerprint density at radius 3 is 2.14 bits per heavy atom. The molecule has 0 aliphatic heterocycles. The van der Waals surface area contributed by atoms with Crippen molar-refractivity contribution in [2.75, 3.05) is 0 Å². The Morgan fingerprint density at radius 2 is 1.67 bits per heavy atom. The second-order valence-corrected chi connectivity index (χ2v) is 4.31. The number of benzene rings is 2. The van der Waals surface area contributed by atoms with Gasteiger partial charge in [-0.3, -0.25) is 10.1 Å². The Balaban J connectivity index is 2.52. The lowest BCUT2D eigenvalue weighted by Gasteiger charge is -2.12. The summed E-state index contributed by atoms with van der Waals surface area (Å²) in [5.74, 6) is 0. The maximum Gasteiger partial charge on any atom is 0.416 e. The van der Waals surface area contributed by atoms with Gasteiger partial charge in [0.1, 0.15) is 6.67 Å². The summed E-state index contributed by atoms with van der Waals surface area (Å²) >= 11 is 0. The minimum atomic E-state index is -4.54. The molecule has 0 aliphatic rings. The summed E-state index contributed by atoms with van der Waals surface area (Å²) < 4.78 is 51.0. The molecule has 110 valence electrons. The lowest BCUT2D eigenvalue weighted by molar-refractivity contribution is -0.384. The molecule has 0 aliphatic carbocycles. The third-order valence-electron chi connectivity index (χ3n) is 2.97. The van der Waals surface area contributed by atoms with Crippen molar-refractivity contribution in [2.24, 2.45) is 0 Å². The number of halogens is 4. The molecule has 0 unspecified atom stereocenters. The van der Waals surface area contributed by atoms with Crippen LogP contribution >= 0.6 is 0 Å². The first-order chi connectivity index (χ1) is 9.82. The summed E-state index contributed by atoms with van der Waals surface area (Å²) in [5.41, 5.74) is -0.626. The molecule has 0 amide bonds. The molecule has 0 aromatic heterocycles. The number of non-ortho nitro benzene ring substituents is 1. The van der Waals surface area contributed by atoms with E-state index < -0.39 is 23.3 Å². The summed E-state index contributed by atoms with van der Waals surface area (Å²) in [6.45, 7) is -0.926. The standard InChI is InChI=1S/C14H9F4NO2/c15-8-10-1-4-11(14(16,17)18)7-13(10)9-2-5-12(6-3-9)19(20)21/h1-7H,8H2. The molecule has 7 heteroatoms. The maximum absolute atomic E-state index is 12.9. The highest BCUT2D eigenvalue weighted by Gasteiger charge is 2.31. The van der Waals surface area contributed by atoms with Crippen LogP contribution in [0.5, 0.6) is 0 Å². The van der Waals surface area contributed by atoms with Gasteiger partial charge in [-0.05, 0) is 41.0 Å². The minimum absolute atomic E-state index is 0.0715. The van der Waals surface area contributed by atoms with Crippen LogP contribution in [0.25, 0.3) is 11.1 Å². The number of nitro groups is 1. The van der Waals surface area contributed by atoms with E-state index in [0.29, 0.717) is 5.56 Å². The van der Waals surface area contributed by atoms with Crippen molar-refractivity contribution >= 4 is 5.69 Å². The van der Waals surface area contributed by atoms with Crippen molar-refractivity contribution in [3.8, 4) is 11.1 Å². The molecule has 2 aromatic carbocycles. The molecule has 0 saturated carbocycles. The van der Waals surface area contributed by atoms with E-state index in [2.05, 4.69) is 0 Å². The van der Waals surface area contributed by atoms with Crippen LogP contribution in [0.15, 0.2) is 42.5 Å². The first-order valence-electron chi connectivity index (χ1n) is 5.84. The molecule has 21 heavy (non-hydrogen) atoms. The number of nitrogens with zero attached hydrogens (tertiary/aromatic N) is 1. The molecule has 0 heterocycles. The van der Waals surface area contributed by atoms with Crippen LogP contribution in [0, 0.1) is 10.1 Å². The summed E-state index contributed by atoms with van der Waals surface area (Å²) in [7, 11) is 0. The Labute approximate surface area is 117 Å². The predicted molar refractivity (Wildman–Crippen MR) is 68.3 cm³/mol. The molecule has 0 radical (unpaired) electrons. The first-order valence-corrected chi connectivity index (χ1v) is 5.84. The van der Waals surface area contributed by atoms with Gasteiger partial charge in [-0.2, -0.15) is 13.2 Å². The van der Waals surface area contributed by atoms with Gasteiger partial charge in [0.2, 0.25) is 0 Å². The lowest BCUT2D eigenvalue weighted by Crippen LogP contribution is -2.05. The Bertz CT molecular complexity index is 666. The van der Waals surface area contributed by atoms with Crippen LogP contribution in [-0.2, 0) is 12.9 Å². The van der Waals surface area contributed by atoms with Gasteiger partial charge in [0, 0.05) is 12.1 Å². The van der Waals surface area contributed by atoms with Crippen LogP contribution < -0.4 is 0 Å². The number of rotatable bonds is 3. The van der Waals surface area contributed by atoms with Crippen LogP contribution in [0.3, 0.4) is 0 Å². The van der Waals surface area contributed by atoms with Gasteiger partial charge in [-0.25, -0.2) is 4.39 Å². The van der Waals surface area contributed by atoms with E-state index in [4.69, 9.17) is 0 Å². The zero-order valence-electron chi connectivity index (χ0n) is 10.5. The minimum Gasteiger partial charge on any atom is -0.258 e. The van der Waals surface area contributed by atoms with Crippen LogP contribution in [0.2, 0.25) is 0 Å². The molecular formula is C14H9F4NO2. The third-order valence-corrected chi connectivity index (χ3v) is 2.97. The second kappa shape index (κ2) is 5.51. The molecule has 0 N–H and O–H groups in total. The van der Waals surface area contributed by atoms with Crippen molar-refractivity contribution < 1.29 is 22.5 Å². The van der Waals surface area contributed by atoms with E-state index >= 15 is 0 Å². The summed E-state index contributed by atoms with van der Waals surface area (Å²) in [6.07, 6.45) is -4.54. The fraction of sp³-hybridized carbons (Fsp3) is 0.143.